The molecule has 0 aliphatic rings. The lowest BCUT2D eigenvalue weighted by atomic mass is 10.4. The normalized spacial score (nSPS) is 10.2. The molecule has 1 rings (SSSR count). The van der Waals surface area contributed by atoms with Crippen LogP contribution in [0.15, 0.2) is 0 Å². The molecule has 0 saturated heterocycles. The Morgan fingerprint density at radius 3 is 2.45 bits per heavy atom. The lowest BCUT2D eigenvalue weighted by Crippen LogP contribution is -2.07. The van der Waals surface area contributed by atoms with Crippen LogP contribution in [0.25, 0.3) is 0 Å². The van der Waals surface area contributed by atoms with Crippen LogP contribution in [-0.2, 0) is 6.54 Å². The molecule has 1 aromatic heterocycles. The summed E-state index contributed by atoms with van der Waals surface area (Å²) < 4.78 is 0. The van der Waals surface area contributed by atoms with Gasteiger partial charge in [0.05, 0.1) is 5.69 Å². The van der Waals surface area contributed by atoms with E-state index in [1.165, 1.54) is 4.88 Å². The number of thiazole rings is 1. The van der Waals surface area contributed by atoms with Crippen molar-refractivity contribution in [2.45, 2.75) is 13.5 Å². The molecule has 11 heavy (non-hydrogen) atoms. The molecule has 0 aliphatic carbocycles. The van der Waals surface area contributed by atoms with Crippen molar-refractivity contribution in [3.05, 3.63) is 10.6 Å². The fourth-order valence-electron chi connectivity index (χ4n) is 0.793. The highest BCUT2D eigenvalue weighted by Gasteiger charge is 2.06. The molecule has 0 bridgehead atoms. The van der Waals surface area contributed by atoms with E-state index in [1.807, 2.05) is 25.9 Å². The molecular weight excluding hydrogens is 158 g/mol. The maximum atomic E-state index is 5.52. The molecule has 1 aromatic rings. The van der Waals surface area contributed by atoms with Crippen LogP contribution in [0.5, 0.6) is 0 Å². The SMILES string of the molecule is Cc1nc(N(C)C)sc1CN. The van der Waals surface area contributed by atoms with E-state index in [-0.39, 0.29) is 0 Å². The minimum atomic E-state index is 0.595. The first-order valence-corrected chi connectivity index (χ1v) is 4.30. The van der Waals surface area contributed by atoms with Gasteiger partial charge >= 0.3 is 0 Å². The van der Waals surface area contributed by atoms with Crippen LogP contribution in [0.2, 0.25) is 0 Å². The Bertz CT molecular complexity index is 242. The summed E-state index contributed by atoms with van der Waals surface area (Å²) in [5, 5.41) is 1.03. The van der Waals surface area contributed by atoms with Crippen molar-refractivity contribution in [1.29, 1.82) is 0 Å². The van der Waals surface area contributed by atoms with Crippen LogP contribution in [0.1, 0.15) is 10.6 Å². The highest BCUT2D eigenvalue weighted by atomic mass is 32.1. The summed E-state index contributed by atoms with van der Waals surface area (Å²) >= 11 is 1.66. The first kappa shape index (κ1) is 8.49. The molecule has 0 fully saturated rings. The lowest BCUT2D eigenvalue weighted by molar-refractivity contribution is 1.04. The molecule has 62 valence electrons. The van der Waals surface area contributed by atoms with Crippen LogP contribution in [0.4, 0.5) is 5.13 Å². The maximum Gasteiger partial charge on any atom is 0.185 e. The predicted octanol–water partition coefficient (Wildman–Crippen LogP) is 0.976. The Kier molecular flexibility index (Phi) is 2.46. The summed E-state index contributed by atoms with van der Waals surface area (Å²) in [7, 11) is 3.97. The lowest BCUT2D eigenvalue weighted by Gasteiger charge is -2.04. The number of hydrogen-bond acceptors (Lipinski definition) is 4. The quantitative estimate of drug-likeness (QED) is 0.721. The van der Waals surface area contributed by atoms with E-state index in [0.717, 1.165) is 10.8 Å². The van der Waals surface area contributed by atoms with Crippen LogP contribution in [-0.4, -0.2) is 19.1 Å². The second-order valence-corrected chi connectivity index (χ2v) is 3.67. The van der Waals surface area contributed by atoms with Gasteiger partial charge in [-0.2, -0.15) is 0 Å². The smallest absolute Gasteiger partial charge is 0.185 e. The summed E-state index contributed by atoms with van der Waals surface area (Å²) in [5.74, 6) is 0. The molecular formula is C7H13N3S. The number of aromatic nitrogens is 1. The molecule has 1 heterocycles. The Morgan fingerprint density at radius 1 is 1.55 bits per heavy atom. The Morgan fingerprint density at radius 2 is 2.18 bits per heavy atom. The number of hydrogen-bond donors (Lipinski definition) is 1. The summed E-state index contributed by atoms with van der Waals surface area (Å²) in [5.41, 5.74) is 6.57. The van der Waals surface area contributed by atoms with Gasteiger partial charge in [0.25, 0.3) is 0 Å². The standard InChI is InChI=1S/C7H13N3S/c1-5-6(4-8)11-7(9-5)10(2)3/h4,8H2,1-3H3. The zero-order valence-corrected chi connectivity index (χ0v) is 7.90. The first-order chi connectivity index (χ1) is 5.15. The van der Waals surface area contributed by atoms with Gasteiger partial charge in [-0.15, -0.1) is 11.3 Å². The number of rotatable bonds is 2. The van der Waals surface area contributed by atoms with Crippen molar-refractivity contribution in [1.82, 2.24) is 4.98 Å². The van der Waals surface area contributed by atoms with Crippen molar-refractivity contribution in [2.24, 2.45) is 5.73 Å². The summed E-state index contributed by atoms with van der Waals surface area (Å²) in [6.45, 7) is 2.59. The van der Waals surface area contributed by atoms with E-state index >= 15 is 0 Å². The third kappa shape index (κ3) is 1.70. The first-order valence-electron chi connectivity index (χ1n) is 3.49. The van der Waals surface area contributed by atoms with Crippen LogP contribution >= 0.6 is 11.3 Å². The largest absolute Gasteiger partial charge is 0.354 e. The van der Waals surface area contributed by atoms with E-state index in [9.17, 15) is 0 Å². The average Bonchev–Trinajstić information content (AvgIpc) is 2.31. The van der Waals surface area contributed by atoms with Crippen molar-refractivity contribution >= 4 is 16.5 Å². The Balaban J connectivity index is 2.95. The van der Waals surface area contributed by atoms with Gasteiger partial charge in [-0.1, -0.05) is 0 Å². The molecule has 4 heteroatoms. The molecule has 0 aliphatic heterocycles. The number of nitrogens with zero attached hydrogens (tertiary/aromatic N) is 2. The molecule has 2 N–H and O–H groups in total. The zero-order valence-electron chi connectivity index (χ0n) is 7.09. The predicted molar refractivity (Wildman–Crippen MR) is 49.1 cm³/mol. The Hall–Kier alpha value is -0.610. The minimum absolute atomic E-state index is 0.595. The topological polar surface area (TPSA) is 42.2 Å². The molecule has 0 spiro atoms. The molecule has 0 amide bonds. The van der Waals surface area contributed by atoms with E-state index in [4.69, 9.17) is 5.73 Å². The van der Waals surface area contributed by atoms with Gasteiger partial charge < -0.3 is 10.6 Å². The fraction of sp³-hybridized carbons (Fsp3) is 0.571. The minimum Gasteiger partial charge on any atom is -0.354 e. The van der Waals surface area contributed by atoms with E-state index < -0.39 is 0 Å². The van der Waals surface area contributed by atoms with Gasteiger partial charge in [0.15, 0.2) is 5.13 Å². The van der Waals surface area contributed by atoms with Gasteiger partial charge in [-0.25, -0.2) is 4.98 Å². The van der Waals surface area contributed by atoms with E-state index in [1.54, 1.807) is 11.3 Å². The second kappa shape index (κ2) is 3.19. The highest BCUT2D eigenvalue weighted by molar-refractivity contribution is 7.15. The van der Waals surface area contributed by atoms with Crippen molar-refractivity contribution < 1.29 is 0 Å². The van der Waals surface area contributed by atoms with Gasteiger partial charge in [0.2, 0.25) is 0 Å². The summed E-state index contributed by atoms with van der Waals surface area (Å²) in [6.07, 6.45) is 0. The maximum absolute atomic E-state index is 5.52. The monoisotopic (exact) mass is 171 g/mol. The second-order valence-electron chi connectivity index (χ2n) is 2.60. The van der Waals surface area contributed by atoms with Gasteiger partial charge in [-0.3, -0.25) is 0 Å². The highest BCUT2D eigenvalue weighted by Crippen LogP contribution is 2.23. The molecule has 0 radical (unpaired) electrons. The third-order valence-corrected chi connectivity index (χ3v) is 2.80. The van der Waals surface area contributed by atoms with E-state index in [2.05, 4.69) is 4.98 Å². The van der Waals surface area contributed by atoms with Crippen molar-refractivity contribution in [2.75, 3.05) is 19.0 Å². The molecule has 3 nitrogen and oxygen atoms in total. The number of aryl methyl sites for hydroxylation is 1. The zero-order chi connectivity index (χ0) is 8.43. The summed E-state index contributed by atoms with van der Waals surface area (Å²) in [4.78, 5) is 7.52. The van der Waals surface area contributed by atoms with Crippen molar-refractivity contribution in [3.8, 4) is 0 Å². The van der Waals surface area contributed by atoms with E-state index in [0.29, 0.717) is 6.54 Å². The number of anilines is 1. The Labute approximate surface area is 70.9 Å². The number of nitrogens with two attached hydrogens (primary N) is 1. The molecule has 0 aromatic carbocycles. The fourth-order valence-corrected chi connectivity index (χ4v) is 1.66. The molecule has 0 atom stereocenters. The van der Waals surface area contributed by atoms with Crippen molar-refractivity contribution in [3.63, 3.8) is 0 Å². The van der Waals surface area contributed by atoms with Crippen LogP contribution < -0.4 is 10.6 Å². The summed E-state index contributed by atoms with van der Waals surface area (Å²) in [6, 6.07) is 0. The van der Waals surface area contributed by atoms with Crippen LogP contribution in [0, 0.1) is 6.92 Å². The molecule has 0 unspecified atom stereocenters. The van der Waals surface area contributed by atoms with Gasteiger partial charge in [0.1, 0.15) is 0 Å². The van der Waals surface area contributed by atoms with Crippen LogP contribution in [0.3, 0.4) is 0 Å². The third-order valence-electron chi connectivity index (χ3n) is 1.45. The molecule has 0 saturated carbocycles. The van der Waals surface area contributed by atoms with Gasteiger partial charge in [0, 0.05) is 25.5 Å². The average molecular weight is 171 g/mol. The van der Waals surface area contributed by atoms with Gasteiger partial charge in [-0.05, 0) is 6.92 Å².